The number of sulfonamides is 1. The van der Waals surface area contributed by atoms with Crippen molar-refractivity contribution >= 4 is 27.3 Å². The van der Waals surface area contributed by atoms with Gasteiger partial charge in [0.15, 0.2) is 0 Å². The summed E-state index contributed by atoms with van der Waals surface area (Å²) in [5, 5.41) is 0. The average molecular weight is 370 g/mol. The molecule has 0 unspecified atom stereocenters. The molecule has 6 heteroatoms. The molecule has 0 bridgehead atoms. The minimum atomic E-state index is -3.63. The standard InChI is InChI=1S/C20H22N2O3S/c1-2-14-5-8-18(9-6-14)26(24,25)21-17-12-15-4-3-11-22-19(23)10-7-16(13-17)20(15)22/h5-6,8-9,12-13,21H,2-4,7,10-11H2,1H3. The molecule has 2 aliphatic heterocycles. The number of nitrogens with one attached hydrogen (secondary N) is 1. The van der Waals surface area contributed by atoms with Crippen LogP contribution in [0, 0.1) is 0 Å². The lowest BCUT2D eigenvalue weighted by Crippen LogP contribution is -2.39. The molecule has 5 nitrogen and oxygen atoms in total. The van der Waals surface area contributed by atoms with Gasteiger partial charge in [-0.15, -0.1) is 0 Å². The molecule has 0 aliphatic carbocycles. The Kier molecular flexibility index (Phi) is 4.23. The topological polar surface area (TPSA) is 66.5 Å². The fourth-order valence-corrected chi connectivity index (χ4v) is 4.87. The molecule has 2 aliphatic rings. The molecule has 1 amide bonds. The van der Waals surface area contributed by atoms with Crippen molar-refractivity contribution in [1.82, 2.24) is 0 Å². The molecular weight excluding hydrogens is 348 g/mol. The van der Waals surface area contributed by atoms with E-state index in [0.717, 1.165) is 48.2 Å². The van der Waals surface area contributed by atoms with Crippen LogP contribution in [0.2, 0.25) is 0 Å². The average Bonchev–Trinajstić information content (AvgIpc) is 2.64. The summed E-state index contributed by atoms with van der Waals surface area (Å²) in [6.07, 6.45) is 3.80. The van der Waals surface area contributed by atoms with Crippen molar-refractivity contribution in [3.63, 3.8) is 0 Å². The minimum Gasteiger partial charge on any atom is -0.312 e. The Morgan fingerprint density at radius 1 is 1.04 bits per heavy atom. The molecular formula is C20H22N2O3S. The number of carbonyl (C=O) groups excluding carboxylic acids is 1. The summed E-state index contributed by atoms with van der Waals surface area (Å²) < 4.78 is 28.2. The van der Waals surface area contributed by atoms with Crippen LogP contribution in [0.5, 0.6) is 0 Å². The highest BCUT2D eigenvalue weighted by atomic mass is 32.2. The van der Waals surface area contributed by atoms with Crippen molar-refractivity contribution in [2.75, 3.05) is 16.2 Å². The monoisotopic (exact) mass is 370 g/mol. The highest BCUT2D eigenvalue weighted by molar-refractivity contribution is 7.92. The number of carbonyl (C=O) groups is 1. The Labute approximate surface area is 154 Å². The number of rotatable bonds is 4. The van der Waals surface area contributed by atoms with E-state index in [1.807, 2.05) is 36.1 Å². The van der Waals surface area contributed by atoms with Gasteiger partial charge in [0.2, 0.25) is 5.91 Å². The van der Waals surface area contributed by atoms with Crippen molar-refractivity contribution in [3.05, 3.63) is 53.1 Å². The lowest BCUT2D eigenvalue weighted by Gasteiger charge is -2.35. The molecule has 0 atom stereocenters. The second-order valence-corrected chi connectivity index (χ2v) is 8.58. The van der Waals surface area contributed by atoms with Gasteiger partial charge in [-0.2, -0.15) is 0 Å². The van der Waals surface area contributed by atoms with Gasteiger partial charge in [-0.1, -0.05) is 19.1 Å². The van der Waals surface area contributed by atoms with Crippen LogP contribution in [-0.4, -0.2) is 20.9 Å². The summed E-state index contributed by atoms with van der Waals surface area (Å²) in [6.45, 7) is 2.79. The van der Waals surface area contributed by atoms with Crippen LogP contribution >= 0.6 is 0 Å². The molecule has 136 valence electrons. The zero-order valence-electron chi connectivity index (χ0n) is 14.8. The smallest absolute Gasteiger partial charge is 0.261 e. The van der Waals surface area contributed by atoms with Gasteiger partial charge in [-0.05, 0) is 66.6 Å². The SMILES string of the molecule is CCc1ccc(S(=O)(=O)Nc2cc3c4c(c2)CCC(=O)N4CCC3)cc1. The summed E-state index contributed by atoms with van der Waals surface area (Å²) in [5.74, 6) is 0.169. The fraction of sp³-hybridized carbons (Fsp3) is 0.350. The zero-order valence-corrected chi connectivity index (χ0v) is 15.6. The van der Waals surface area contributed by atoms with Gasteiger partial charge in [0.05, 0.1) is 10.6 Å². The third-order valence-corrected chi connectivity index (χ3v) is 6.57. The summed E-state index contributed by atoms with van der Waals surface area (Å²) in [5.41, 5.74) is 4.80. The Balaban J connectivity index is 1.67. The molecule has 26 heavy (non-hydrogen) atoms. The normalized spacial score (nSPS) is 16.3. The zero-order chi connectivity index (χ0) is 18.3. The molecule has 0 spiro atoms. The van der Waals surface area contributed by atoms with Crippen LogP contribution in [0.15, 0.2) is 41.3 Å². The molecule has 0 saturated heterocycles. The number of anilines is 2. The quantitative estimate of drug-likeness (QED) is 0.898. The highest BCUT2D eigenvalue weighted by Crippen LogP contribution is 2.38. The van der Waals surface area contributed by atoms with Gasteiger partial charge in [0, 0.05) is 18.7 Å². The number of hydrogen-bond acceptors (Lipinski definition) is 3. The van der Waals surface area contributed by atoms with Crippen LogP contribution in [0.4, 0.5) is 11.4 Å². The lowest BCUT2D eigenvalue weighted by molar-refractivity contribution is -0.119. The first kappa shape index (κ1) is 17.1. The third kappa shape index (κ3) is 2.98. The van der Waals surface area contributed by atoms with Crippen molar-refractivity contribution < 1.29 is 13.2 Å². The van der Waals surface area contributed by atoms with E-state index < -0.39 is 10.0 Å². The van der Waals surface area contributed by atoms with Gasteiger partial charge in [0.1, 0.15) is 0 Å². The maximum atomic E-state index is 12.7. The Bertz CT molecular complexity index is 948. The van der Waals surface area contributed by atoms with E-state index in [0.29, 0.717) is 18.5 Å². The first-order chi connectivity index (χ1) is 12.5. The molecule has 2 heterocycles. The number of amides is 1. The Morgan fingerprint density at radius 2 is 1.73 bits per heavy atom. The summed E-state index contributed by atoms with van der Waals surface area (Å²) in [6, 6.07) is 10.7. The first-order valence-electron chi connectivity index (χ1n) is 9.06. The second-order valence-electron chi connectivity index (χ2n) is 6.90. The molecule has 0 aromatic heterocycles. The number of nitrogens with zero attached hydrogens (tertiary/aromatic N) is 1. The Hall–Kier alpha value is -2.34. The van der Waals surface area contributed by atoms with E-state index in [1.54, 1.807) is 12.1 Å². The van der Waals surface area contributed by atoms with Crippen LogP contribution in [0.25, 0.3) is 0 Å². The maximum Gasteiger partial charge on any atom is 0.261 e. The van der Waals surface area contributed by atoms with Crippen LogP contribution in [0.1, 0.15) is 36.5 Å². The van der Waals surface area contributed by atoms with E-state index in [1.165, 1.54) is 0 Å². The molecule has 4 rings (SSSR count). The molecule has 0 saturated carbocycles. The largest absolute Gasteiger partial charge is 0.312 e. The van der Waals surface area contributed by atoms with Crippen molar-refractivity contribution in [2.45, 2.75) is 43.9 Å². The molecule has 0 fully saturated rings. The van der Waals surface area contributed by atoms with Crippen LogP contribution in [-0.2, 0) is 34.1 Å². The predicted molar refractivity (Wildman–Crippen MR) is 102 cm³/mol. The maximum absolute atomic E-state index is 12.7. The Morgan fingerprint density at radius 3 is 2.42 bits per heavy atom. The van der Waals surface area contributed by atoms with E-state index in [4.69, 9.17) is 0 Å². The van der Waals surface area contributed by atoms with E-state index in [-0.39, 0.29) is 10.8 Å². The number of aryl methyl sites for hydroxylation is 3. The van der Waals surface area contributed by atoms with Crippen LogP contribution in [0.3, 0.4) is 0 Å². The van der Waals surface area contributed by atoms with Crippen molar-refractivity contribution in [3.8, 4) is 0 Å². The van der Waals surface area contributed by atoms with Gasteiger partial charge >= 0.3 is 0 Å². The number of benzene rings is 2. The first-order valence-corrected chi connectivity index (χ1v) is 10.5. The lowest BCUT2D eigenvalue weighted by atomic mass is 9.91. The molecule has 1 N–H and O–H groups in total. The van der Waals surface area contributed by atoms with E-state index in [9.17, 15) is 13.2 Å². The van der Waals surface area contributed by atoms with Crippen molar-refractivity contribution in [1.29, 1.82) is 0 Å². The molecule has 0 radical (unpaired) electrons. The summed E-state index contributed by atoms with van der Waals surface area (Å²) in [7, 11) is -3.63. The third-order valence-electron chi connectivity index (χ3n) is 5.17. The summed E-state index contributed by atoms with van der Waals surface area (Å²) in [4.78, 5) is 14.3. The van der Waals surface area contributed by atoms with Crippen molar-refractivity contribution in [2.24, 2.45) is 0 Å². The van der Waals surface area contributed by atoms with Gasteiger partial charge in [0.25, 0.3) is 10.0 Å². The summed E-state index contributed by atoms with van der Waals surface area (Å²) >= 11 is 0. The number of hydrogen-bond donors (Lipinski definition) is 1. The highest BCUT2D eigenvalue weighted by Gasteiger charge is 2.30. The fourth-order valence-electron chi connectivity index (χ4n) is 3.83. The van der Waals surface area contributed by atoms with Gasteiger partial charge in [-0.3, -0.25) is 9.52 Å². The van der Waals surface area contributed by atoms with Crippen LogP contribution < -0.4 is 9.62 Å². The van der Waals surface area contributed by atoms with Gasteiger partial charge < -0.3 is 4.90 Å². The van der Waals surface area contributed by atoms with E-state index in [2.05, 4.69) is 4.72 Å². The second kappa shape index (κ2) is 6.43. The predicted octanol–water partition coefficient (Wildman–Crippen LogP) is 3.28. The van der Waals surface area contributed by atoms with Gasteiger partial charge in [-0.25, -0.2) is 8.42 Å². The molecule has 2 aromatic carbocycles. The minimum absolute atomic E-state index is 0.169. The van der Waals surface area contributed by atoms with E-state index >= 15 is 0 Å². The molecule has 2 aromatic rings.